The highest BCUT2D eigenvalue weighted by molar-refractivity contribution is 5.75. The molecule has 6 nitrogen and oxygen atoms in total. The second kappa shape index (κ2) is 5.51. The Morgan fingerprint density at radius 1 is 1.48 bits per heavy atom. The van der Waals surface area contributed by atoms with E-state index in [4.69, 9.17) is 4.74 Å². The van der Waals surface area contributed by atoms with Gasteiger partial charge >= 0.3 is 6.03 Å². The number of carbonyl (C=O) groups excluding carboxylic acids is 1. The molecule has 1 N–H and O–H groups in total. The first-order valence-electron chi connectivity index (χ1n) is 8.75. The Bertz CT molecular complexity index is 599. The topological polar surface area (TPSA) is 59.4 Å². The third-order valence-corrected chi connectivity index (χ3v) is 6.17. The Hall–Kier alpha value is -1.56. The second-order valence-corrected chi connectivity index (χ2v) is 7.24. The van der Waals surface area contributed by atoms with Crippen molar-refractivity contribution in [1.29, 1.82) is 0 Å². The van der Waals surface area contributed by atoms with Crippen LogP contribution in [0.3, 0.4) is 0 Å². The lowest BCUT2D eigenvalue weighted by Gasteiger charge is -2.32. The van der Waals surface area contributed by atoms with Gasteiger partial charge in [-0.3, -0.25) is 0 Å². The van der Waals surface area contributed by atoms with E-state index < -0.39 is 0 Å². The zero-order valence-corrected chi connectivity index (χ0v) is 14.1. The van der Waals surface area contributed by atoms with Gasteiger partial charge in [0.2, 0.25) is 0 Å². The van der Waals surface area contributed by atoms with Crippen molar-refractivity contribution in [2.24, 2.45) is 17.8 Å². The molecule has 1 aliphatic heterocycles. The zero-order valence-electron chi connectivity index (χ0n) is 14.1. The molecule has 6 unspecified atom stereocenters. The second-order valence-electron chi connectivity index (χ2n) is 7.24. The first kappa shape index (κ1) is 15.0. The van der Waals surface area contributed by atoms with Crippen LogP contribution in [0.5, 0.6) is 0 Å². The lowest BCUT2D eigenvalue weighted by atomic mass is 9.88. The maximum absolute atomic E-state index is 12.8. The highest BCUT2D eigenvalue weighted by atomic mass is 16.5. The van der Waals surface area contributed by atoms with Crippen LogP contribution in [0.2, 0.25) is 0 Å². The smallest absolute Gasteiger partial charge is 0.318 e. The number of aromatic nitrogens is 2. The van der Waals surface area contributed by atoms with Crippen molar-refractivity contribution in [2.75, 3.05) is 13.7 Å². The highest BCUT2D eigenvalue weighted by Gasteiger charge is 2.60. The minimum absolute atomic E-state index is 0.0326. The quantitative estimate of drug-likeness (QED) is 0.924. The molecular formula is C17H26N4O2. The minimum Gasteiger partial charge on any atom is -0.379 e. The molecule has 4 rings (SSSR count). The van der Waals surface area contributed by atoms with Crippen molar-refractivity contribution in [1.82, 2.24) is 19.8 Å². The molecule has 1 aromatic heterocycles. The maximum atomic E-state index is 12.8. The van der Waals surface area contributed by atoms with Crippen LogP contribution in [0.25, 0.3) is 0 Å². The van der Waals surface area contributed by atoms with Gasteiger partial charge in [-0.05, 0) is 44.4 Å². The van der Waals surface area contributed by atoms with Gasteiger partial charge in [-0.1, -0.05) is 0 Å². The maximum Gasteiger partial charge on any atom is 0.318 e. The van der Waals surface area contributed by atoms with Crippen molar-refractivity contribution < 1.29 is 9.53 Å². The third kappa shape index (κ3) is 2.18. The van der Waals surface area contributed by atoms with Gasteiger partial charge in [0.1, 0.15) is 5.82 Å². The summed E-state index contributed by atoms with van der Waals surface area (Å²) in [5.74, 6) is 2.88. The van der Waals surface area contributed by atoms with Gasteiger partial charge in [0.05, 0.1) is 18.2 Å². The molecule has 126 valence electrons. The fourth-order valence-electron chi connectivity index (χ4n) is 5.26. The van der Waals surface area contributed by atoms with Crippen LogP contribution in [-0.4, -0.2) is 46.3 Å². The molecular weight excluding hydrogens is 292 g/mol. The molecule has 1 aromatic rings. The molecule has 0 radical (unpaired) electrons. The first-order chi connectivity index (χ1) is 11.1. The normalized spacial score (nSPS) is 35.8. The summed E-state index contributed by atoms with van der Waals surface area (Å²) >= 11 is 0. The Kier molecular flexibility index (Phi) is 3.59. The van der Waals surface area contributed by atoms with Crippen molar-refractivity contribution in [3.05, 3.63) is 18.2 Å². The third-order valence-electron chi connectivity index (χ3n) is 6.17. The van der Waals surface area contributed by atoms with E-state index in [-0.39, 0.29) is 24.2 Å². The van der Waals surface area contributed by atoms with Crippen LogP contribution in [-0.2, 0) is 11.3 Å². The Morgan fingerprint density at radius 2 is 2.30 bits per heavy atom. The lowest BCUT2D eigenvalue weighted by molar-refractivity contribution is 0.0187. The molecule has 23 heavy (non-hydrogen) atoms. The number of rotatable bonds is 4. The summed E-state index contributed by atoms with van der Waals surface area (Å²) in [6, 6.07) is 0.209. The Morgan fingerprint density at radius 3 is 3.04 bits per heavy atom. The van der Waals surface area contributed by atoms with Crippen LogP contribution in [0.15, 0.2) is 12.4 Å². The van der Waals surface area contributed by atoms with E-state index in [1.807, 2.05) is 18.0 Å². The molecule has 0 aromatic carbocycles. The SMILES string of the molecule is CCn1ccnc1C(C)NC(=O)N1CC2CC3CC2C1C3OC. The summed E-state index contributed by atoms with van der Waals surface area (Å²) in [4.78, 5) is 19.3. The van der Waals surface area contributed by atoms with E-state index in [0.29, 0.717) is 17.8 Å². The first-order valence-corrected chi connectivity index (χ1v) is 8.75. The largest absolute Gasteiger partial charge is 0.379 e. The summed E-state index contributed by atoms with van der Waals surface area (Å²) in [7, 11) is 1.79. The van der Waals surface area contributed by atoms with Crippen LogP contribution in [0.1, 0.15) is 38.6 Å². The molecule has 3 aliphatic rings. The van der Waals surface area contributed by atoms with E-state index in [1.54, 1.807) is 13.3 Å². The van der Waals surface area contributed by atoms with Gasteiger partial charge in [-0.15, -0.1) is 0 Å². The number of amides is 2. The molecule has 2 saturated carbocycles. The van der Waals surface area contributed by atoms with Gasteiger partial charge in [-0.25, -0.2) is 9.78 Å². The zero-order chi connectivity index (χ0) is 16.1. The van der Waals surface area contributed by atoms with Crippen molar-refractivity contribution in [2.45, 2.75) is 51.4 Å². The summed E-state index contributed by atoms with van der Waals surface area (Å²) < 4.78 is 7.80. The molecule has 3 fully saturated rings. The number of hydrogen-bond acceptors (Lipinski definition) is 3. The molecule has 2 heterocycles. The van der Waals surface area contributed by atoms with E-state index in [2.05, 4.69) is 21.8 Å². The number of methoxy groups -OCH3 is 1. The van der Waals surface area contributed by atoms with Crippen LogP contribution in [0.4, 0.5) is 4.79 Å². The average molecular weight is 318 g/mol. The number of likely N-dealkylation sites (tertiary alicyclic amines) is 1. The fourth-order valence-corrected chi connectivity index (χ4v) is 5.26. The van der Waals surface area contributed by atoms with Gasteiger partial charge in [0.25, 0.3) is 0 Å². The van der Waals surface area contributed by atoms with Crippen LogP contribution in [0, 0.1) is 17.8 Å². The number of urea groups is 1. The van der Waals surface area contributed by atoms with Gasteiger partial charge in [-0.2, -0.15) is 0 Å². The number of aryl methyl sites for hydroxylation is 1. The lowest BCUT2D eigenvalue weighted by Crippen LogP contribution is -2.49. The summed E-state index contributed by atoms with van der Waals surface area (Å²) in [5, 5.41) is 3.14. The highest BCUT2D eigenvalue weighted by Crippen LogP contribution is 2.55. The monoisotopic (exact) mass is 318 g/mol. The van der Waals surface area contributed by atoms with Crippen molar-refractivity contribution in [3.8, 4) is 0 Å². The van der Waals surface area contributed by atoms with E-state index in [0.717, 1.165) is 18.9 Å². The number of carbonyl (C=O) groups is 1. The number of imidazole rings is 1. The van der Waals surface area contributed by atoms with E-state index in [1.165, 1.54) is 12.8 Å². The minimum atomic E-state index is -0.0890. The van der Waals surface area contributed by atoms with Crippen LogP contribution < -0.4 is 5.32 Å². The standard InChI is InChI=1S/C17H26N4O2/c1-4-20-6-5-18-16(20)10(2)19-17(22)21-9-12-7-11-8-13(12)14(21)15(11)23-3/h5-6,10-15H,4,7-9H2,1-3H3,(H,19,22). The fraction of sp³-hybridized carbons (Fsp3) is 0.765. The van der Waals surface area contributed by atoms with Gasteiger partial charge < -0.3 is 19.5 Å². The van der Waals surface area contributed by atoms with Crippen molar-refractivity contribution >= 4 is 6.03 Å². The Balaban J connectivity index is 1.48. The number of hydrogen-bond donors (Lipinski definition) is 1. The number of ether oxygens (including phenoxy) is 1. The molecule has 2 bridgehead atoms. The van der Waals surface area contributed by atoms with E-state index >= 15 is 0 Å². The predicted octanol–water partition coefficient (Wildman–Crippen LogP) is 2.03. The summed E-state index contributed by atoms with van der Waals surface area (Å²) in [6.45, 7) is 5.83. The average Bonchev–Trinajstić information content (AvgIpc) is 3.25. The molecule has 2 amide bonds. The molecule has 1 saturated heterocycles. The van der Waals surface area contributed by atoms with Gasteiger partial charge in [0, 0.05) is 32.6 Å². The molecule has 2 aliphatic carbocycles. The van der Waals surface area contributed by atoms with Crippen molar-refractivity contribution in [3.63, 3.8) is 0 Å². The molecule has 6 atom stereocenters. The number of fused-ring (bicyclic) bond motifs is 1. The molecule has 6 heteroatoms. The number of nitrogens with one attached hydrogen (secondary N) is 1. The number of nitrogens with zero attached hydrogens (tertiary/aromatic N) is 3. The molecule has 0 spiro atoms. The van der Waals surface area contributed by atoms with E-state index in [9.17, 15) is 4.79 Å². The summed E-state index contributed by atoms with van der Waals surface area (Å²) in [5.41, 5.74) is 0. The van der Waals surface area contributed by atoms with Gasteiger partial charge in [0.15, 0.2) is 0 Å². The Labute approximate surface area is 137 Å². The summed E-state index contributed by atoms with van der Waals surface area (Å²) in [6.07, 6.45) is 6.42. The predicted molar refractivity (Wildman–Crippen MR) is 85.8 cm³/mol. The van der Waals surface area contributed by atoms with Crippen LogP contribution >= 0.6 is 0 Å².